The lowest BCUT2D eigenvalue weighted by Gasteiger charge is -2.27. The Morgan fingerprint density at radius 3 is 1.32 bits per heavy atom. The molecule has 2 aromatic heterocycles. The molecule has 0 fully saturated rings. The maximum absolute atomic E-state index is 2.54. The van der Waals surface area contributed by atoms with Crippen LogP contribution in [-0.4, -0.2) is 9.13 Å². The van der Waals surface area contributed by atoms with Crippen LogP contribution in [0.3, 0.4) is 0 Å². The number of allylic oxidation sites excluding steroid dienone is 4. The van der Waals surface area contributed by atoms with Crippen molar-refractivity contribution in [2.45, 2.75) is 13.0 Å². The summed E-state index contributed by atoms with van der Waals surface area (Å²) in [6.07, 6.45) is 9.01. The van der Waals surface area contributed by atoms with Crippen LogP contribution in [0, 0.1) is 5.92 Å². The summed E-state index contributed by atoms with van der Waals surface area (Å²) < 4.78 is 4.92. The third-order valence-corrected chi connectivity index (χ3v) is 13.2. The zero-order chi connectivity index (χ0) is 43.3. The van der Waals surface area contributed by atoms with Crippen molar-refractivity contribution in [3.05, 3.63) is 249 Å². The standard InChI is InChI=1S/C61H46N4/c1-43-17-11-14-26-57(43)65-59-28-16-13-25-54(59)56-40-38-52(42-61(56)65)63(47-20-7-3-8-21-47)50-35-31-45(32-36-50)44-29-33-49(34-30-44)62(46-18-5-2-6-19-46)51-37-39-55-53-24-12-15-27-58(53)64(60(55)41-51)48-22-9-4-10-23-48/h2-43,57H,1H3. The molecule has 1 aliphatic rings. The zero-order valence-electron chi connectivity index (χ0n) is 36.1. The van der Waals surface area contributed by atoms with Gasteiger partial charge in [0.1, 0.15) is 0 Å². The van der Waals surface area contributed by atoms with Gasteiger partial charge in [-0.1, -0.05) is 159 Å². The van der Waals surface area contributed by atoms with Gasteiger partial charge >= 0.3 is 0 Å². The van der Waals surface area contributed by atoms with Crippen LogP contribution in [0.2, 0.25) is 0 Å². The molecule has 0 aliphatic heterocycles. The number of benzene rings is 9. The van der Waals surface area contributed by atoms with Crippen molar-refractivity contribution in [3.8, 4) is 16.8 Å². The molecule has 0 amide bonds. The summed E-state index contributed by atoms with van der Waals surface area (Å²) in [5.41, 5.74) is 15.0. The first-order valence-corrected chi connectivity index (χ1v) is 22.6. The highest BCUT2D eigenvalue weighted by molar-refractivity contribution is 6.11. The second kappa shape index (κ2) is 16.1. The number of para-hydroxylation sites is 5. The van der Waals surface area contributed by atoms with E-state index in [0.29, 0.717) is 5.92 Å². The molecule has 11 aromatic rings. The minimum absolute atomic E-state index is 0.226. The predicted octanol–water partition coefficient (Wildman–Crippen LogP) is 16.8. The molecule has 12 rings (SSSR count). The molecule has 2 heterocycles. The number of hydrogen-bond donors (Lipinski definition) is 0. The van der Waals surface area contributed by atoms with Crippen molar-refractivity contribution in [1.82, 2.24) is 9.13 Å². The summed E-state index contributed by atoms with van der Waals surface area (Å²) in [4.78, 5) is 4.73. The molecule has 65 heavy (non-hydrogen) atoms. The first-order valence-electron chi connectivity index (χ1n) is 22.6. The molecular weight excluding hydrogens is 789 g/mol. The fourth-order valence-corrected chi connectivity index (χ4v) is 10.1. The van der Waals surface area contributed by atoms with Gasteiger partial charge in [0.25, 0.3) is 0 Å². The highest BCUT2D eigenvalue weighted by atomic mass is 15.2. The van der Waals surface area contributed by atoms with Gasteiger partial charge in [0.15, 0.2) is 0 Å². The van der Waals surface area contributed by atoms with E-state index in [0.717, 1.165) is 50.9 Å². The van der Waals surface area contributed by atoms with E-state index < -0.39 is 0 Å². The fraction of sp³-hybridized carbons (Fsp3) is 0.0492. The minimum Gasteiger partial charge on any atom is -0.333 e. The maximum atomic E-state index is 2.54. The van der Waals surface area contributed by atoms with Crippen molar-refractivity contribution in [2.75, 3.05) is 9.80 Å². The van der Waals surface area contributed by atoms with E-state index in [1.165, 1.54) is 43.6 Å². The number of fused-ring (bicyclic) bond motifs is 6. The van der Waals surface area contributed by atoms with Crippen LogP contribution in [0.4, 0.5) is 34.1 Å². The monoisotopic (exact) mass is 834 g/mol. The van der Waals surface area contributed by atoms with Gasteiger partial charge in [-0.3, -0.25) is 0 Å². The maximum Gasteiger partial charge on any atom is 0.0585 e. The van der Waals surface area contributed by atoms with Crippen LogP contribution >= 0.6 is 0 Å². The smallest absolute Gasteiger partial charge is 0.0585 e. The van der Waals surface area contributed by atoms with E-state index in [4.69, 9.17) is 0 Å². The van der Waals surface area contributed by atoms with Crippen molar-refractivity contribution >= 4 is 77.7 Å². The molecule has 1 aliphatic carbocycles. The second-order valence-corrected chi connectivity index (χ2v) is 17.0. The molecule has 0 saturated carbocycles. The lowest BCUT2D eigenvalue weighted by atomic mass is 9.96. The molecule has 0 saturated heterocycles. The van der Waals surface area contributed by atoms with E-state index in [1.807, 2.05) is 0 Å². The second-order valence-electron chi connectivity index (χ2n) is 17.0. The molecule has 2 atom stereocenters. The summed E-state index contributed by atoms with van der Waals surface area (Å²) in [7, 11) is 0. The minimum atomic E-state index is 0.226. The third kappa shape index (κ3) is 6.70. The molecule has 4 nitrogen and oxygen atoms in total. The molecule has 2 unspecified atom stereocenters. The average molecular weight is 835 g/mol. The van der Waals surface area contributed by atoms with Crippen molar-refractivity contribution < 1.29 is 0 Å². The molecule has 0 bridgehead atoms. The predicted molar refractivity (Wildman–Crippen MR) is 275 cm³/mol. The number of hydrogen-bond acceptors (Lipinski definition) is 2. The number of anilines is 6. The largest absolute Gasteiger partial charge is 0.333 e. The lowest BCUT2D eigenvalue weighted by molar-refractivity contribution is 0.510. The van der Waals surface area contributed by atoms with Gasteiger partial charge in [0.2, 0.25) is 0 Å². The highest BCUT2D eigenvalue weighted by Crippen LogP contribution is 2.43. The van der Waals surface area contributed by atoms with Crippen molar-refractivity contribution in [2.24, 2.45) is 5.92 Å². The zero-order valence-corrected chi connectivity index (χ0v) is 36.1. The third-order valence-electron chi connectivity index (χ3n) is 13.2. The van der Waals surface area contributed by atoms with Crippen LogP contribution in [0.25, 0.3) is 60.4 Å². The Bertz CT molecular complexity index is 3550. The van der Waals surface area contributed by atoms with Crippen LogP contribution in [0.1, 0.15) is 13.0 Å². The van der Waals surface area contributed by atoms with E-state index in [9.17, 15) is 0 Å². The average Bonchev–Trinajstić information content (AvgIpc) is 3.88. The Morgan fingerprint density at radius 1 is 0.338 bits per heavy atom. The quantitative estimate of drug-likeness (QED) is 0.144. The number of rotatable bonds is 9. The van der Waals surface area contributed by atoms with Crippen molar-refractivity contribution in [1.29, 1.82) is 0 Å². The summed E-state index contributed by atoms with van der Waals surface area (Å²) in [6.45, 7) is 2.31. The molecule has 310 valence electrons. The highest BCUT2D eigenvalue weighted by Gasteiger charge is 2.23. The normalized spacial score (nSPS) is 14.7. The molecule has 0 N–H and O–H groups in total. The summed E-state index contributed by atoms with van der Waals surface area (Å²) in [5.74, 6) is 0.374. The Balaban J connectivity index is 0.910. The van der Waals surface area contributed by atoms with E-state index in [2.05, 4.69) is 275 Å². The molecular formula is C61H46N4. The Morgan fingerprint density at radius 2 is 0.754 bits per heavy atom. The van der Waals surface area contributed by atoms with Crippen LogP contribution in [-0.2, 0) is 0 Å². The topological polar surface area (TPSA) is 16.3 Å². The van der Waals surface area contributed by atoms with Gasteiger partial charge in [0.05, 0.1) is 22.6 Å². The first kappa shape index (κ1) is 38.3. The SMILES string of the molecule is CC1C=CC=CC1n1c2ccccc2c2ccc(N(c3ccccc3)c3ccc(-c4ccc(N(c5ccccc5)c5ccc6c7ccccc7n(-c7ccccc7)c6c5)cc4)cc3)cc21. The van der Waals surface area contributed by atoms with Crippen LogP contribution in [0.15, 0.2) is 249 Å². The van der Waals surface area contributed by atoms with Gasteiger partial charge in [-0.2, -0.15) is 0 Å². The first-order chi connectivity index (χ1) is 32.2. The van der Waals surface area contributed by atoms with E-state index in [1.54, 1.807) is 0 Å². The summed E-state index contributed by atoms with van der Waals surface area (Å²) in [5, 5.41) is 5.04. The van der Waals surface area contributed by atoms with Gasteiger partial charge < -0.3 is 18.9 Å². The van der Waals surface area contributed by atoms with E-state index in [-0.39, 0.29) is 6.04 Å². The molecule has 0 spiro atoms. The van der Waals surface area contributed by atoms with Gasteiger partial charge in [-0.15, -0.1) is 0 Å². The molecule has 4 heteroatoms. The van der Waals surface area contributed by atoms with Crippen molar-refractivity contribution in [3.63, 3.8) is 0 Å². The Kier molecular flexibility index (Phi) is 9.49. The van der Waals surface area contributed by atoms with E-state index >= 15 is 0 Å². The Labute approximate surface area is 379 Å². The van der Waals surface area contributed by atoms with Crippen LogP contribution < -0.4 is 9.80 Å². The van der Waals surface area contributed by atoms with Gasteiger partial charge in [-0.25, -0.2) is 0 Å². The number of nitrogens with zero attached hydrogens (tertiary/aromatic N) is 4. The van der Waals surface area contributed by atoms with Crippen LogP contribution in [0.5, 0.6) is 0 Å². The molecule has 0 radical (unpaired) electrons. The Hall–Kier alpha value is -8.34. The summed E-state index contributed by atoms with van der Waals surface area (Å²) in [6, 6.07) is 81.6. The van der Waals surface area contributed by atoms with Gasteiger partial charge in [-0.05, 0) is 114 Å². The molecule has 9 aromatic carbocycles. The summed E-state index contributed by atoms with van der Waals surface area (Å²) >= 11 is 0. The number of aromatic nitrogens is 2. The van der Waals surface area contributed by atoms with Gasteiger partial charge in [0, 0.05) is 66.9 Å². The fourth-order valence-electron chi connectivity index (χ4n) is 10.1. The lowest BCUT2D eigenvalue weighted by Crippen LogP contribution is -2.15.